The molecule has 0 spiro atoms. The highest BCUT2D eigenvalue weighted by atomic mass is 19.4. The zero-order valence-electron chi connectivity index (χ0n) is 15.6. The third kappa shape index (κ3) is 6.38. The number of alkyl halides is 3. The first-order valence-corrected chi connectivity index (χ1v) is 8.96. The first kappa shape index (κ1) is 22.0. The second-order valence-electron chi connectivity index (χ2n) is 6.70. The molecule has 1 heterocycles. The van der Waals surface area contributed by atoms with Crippen molar-refractivity contribution < 1.29 is 37.1 Å². The van der Waals surface area contributed by atoms with E-state index < -0.39 is 17.6 Å². The van der Waals surface area contributed by atoms with Gasteiger partial charge in [0.25, 0.3) is 5.91 Å². The van der Waals surface area contributed by atoms with Gasteiger partial charge < -0.3 is 25.4 Å². The van der Waals surface area contributed by atoms with Gasteiger partial charge in [0.15, 0.2) is 6.54 Å². The molecule has 7 nitrogen and oxygen atoms in total. The van der Waals surface area contributed by atoms with Crippen molar-refractivity contribution in [2.75, 3.05) is 45.3 Å². The first-order chi connectivity index (χ1) is 13.2. The van der Waals surface area contributed by atoms with Gasteiger partial charge >= 0.3 is 6.18 Å². The topological polar surface area (TPSA) is 95.1 Å². The average molecular weight is 404 g/mol. The van der Waals surface area contributed by atoms with Gasteiger partial charge in [-0.2, -0.15) is 13.2 Å². The Morgan fingerprint density at radius 3 is 2.50 bits per heavy atom. The summed E-state index contributed by atoms with van der Waals surface area (Å²) in [4.78, 5) is 24.5. The van der Waals surface area contributed by atoms with Crippen molar-refractivity contribution in [3.05, 3.63) is 23.8 Å². The summed E-state index contributed by atoms with van der Waals surface area (Å²) in [6.07, 6.45) is -3.35. The van der Waals surface area contributed by atoms with E-state index in [1.807, 2.05) is 0 Å². The molecule has 156 valence electrons. The number of nitrogens with two attached hydrogens (primary N) is 1. The molecule has 0 bridgehead atoms. The summed E-state index contributed by atoms with van der Waals surface area (Å²) in [5.74, 6) is -0.814. The number of carbonyl (C=O) groups excluding carboxylic acids is 2. The van der Waals surface area contributed by atoms with Gasteiger partial charge in [0.2, 0.25) is 5.91 Å². The molecule has 1 aliphatic rings. The quantitative estimate of drug-likeness (QED) is 0.549. The maximum absolute atomic E-state index is 13.0. The number of rotatable bonds is 8. The number of likely N-dealkylation sites (tertiary alicyclic amines) is 1. The number of nitrogens with one attached hydrogen (secondary N) is 2. The minimum Gasteiger partial charge on any atom is -0.489 e. The third-order valence-corrected chi connectivity index (χ3v) is 4.63. The lowest BCUT2D eigenvalue weighted by atomic mass is 9.96. The number of piperidine rings is 1. The van der Waals surface area contributed by atoms with Gasteiger partial charge in [-0.25, -0.2) is 0 Å². The van der Waals surface area contributed by atoms with Crippen molar-refractivity contribution in [1.82, 2.24) is 0 Å². The average Bonchev–Trinajstić information content (AvgIpc) is 2.62. The van der Waals surface area contributed by atoms with Crippen molar-refractivity contribution in [2.24, 2.45) is 11.7 Å². The van der Waals surface area contributed by atoms with E-state index in [1.54, 1.807) is 0 Å². The van der Waals surface area contributed by atoms with E-state index in [-0.39, 0.29) is 43.0 Å². The van der Waals surface area contributed by atoms with E-state index in [4.69, 9.17) is 15.2 Å². The van der Waals surface area contributed by atoms with Crippen molar-refractivity contribution in [3.8, 4) is 5.75 Å². The third-order valence-electron chi connectivity index (χ3n) is 4.63. The van der Waals surface area contributed by atoms with E-state index in [1.165, 1.54) is 13.2 Å². The lowest BCUT2D eigenvalue weighted by molar-refractivity contribution is -0.897. The van der Waals surface area contributed by atoms with E-state index in [2.05, 4.69) is 5.32 Å². The van der Waals surface area contributed by atoms with Crippen molar-refractivity contribution >= 4 is 17.5 Å². The van der Waals surface area contributed by atoms with Crippen LogP contribution in [-0.2, 0) is 20.5 Å². The van der Waals surface area contributed by atoms with Gasteiger partial charge in [-0.15, -0.1) is 0 Å². The SMILES string of the molecule is COCCOc1ccc(C(F)(F)F)cc1NC(=O)C[NH+]1CCC(C(N)=O)CC1. The fraction of sp³-hybridized carbons (Fsp3) is 0.556. The zero-order chi connectivity index (χ0) is 20.7. The van der Waals surface area contributed by atoms with Gasteiger partial charge in [-0.05, 0) is 18.2 Å². The molecule has 0 atom stereocenters. The number of ether oxygens (including phenoxy) is 2. The largest absolute Gasteiger partial charge is 0.489 e. The standard InChI is InChI=1S/C18H24F3N3O4/c1-27-8-9-28-15-3-2-13(18(19,20)21)10-14(15)23-16(25)11-24-6-4-12(5-7-24)17(22)26/h2-3,10,12H,4-9,11H2,1H3,(H2,22,26)(H,23,25)/p+1. The number of primary amides is 1. The number of anilines is 1. The maximum Gasteiger partial charge on any atom is 0.416 e. The molecule has 0 aliphatic carbocycles. The predicted molar refractivity (Wildman–Crippen MR) is 94.9 cm³/mol. The number of amides is 2. The Hall–Kier alpha value is -2.33. The lowest BCUT2D eigenvalue weighted by Gasteiger charge is -2.27. The summed E-state index contributed by atoms with van der Waals surface area (Å²) >= 11 is 0. The summed E-state index contributed by atoms with van der Waals surface area (Å²) in [7, 11) is 1.48. The molecule has 1 fully saturated rings. The summed E-state index contributed by atoms with van der Waals surface area (Å²) in [5.41, 5.74) is 4.37. The van der Waals surface area contributed by atoms with Gasteiger partial charge in [0.1, 0.15) is 12.4 Å². The summed E-state index contributed by atoms with van der Waals surface area (Å²) in [6, 6.07) is 2.94. The molecular weight excluding hydrogens is 379 g/mol. The van der Waals surface area contributed by atoms with Crippen molar-refractivity contribution in [2.45, 2.75) is 19.0 Å². The maximum atomic E-state index is 13.0. The first-order valence-electron chi connectivity index (χ1n) is 8.96. The van der Waals surface area contributed by atoms with Crippen molar-refractivity contribution in [3.63, 3.8) is 0 Å². The van der Waals surface area contributed by atoms with Crippen LogP contribution in [0.15, 0.2) is 18.2 Å². The Labute approximate surface area is 161 Å². The van der Waals surface area contributed by atoms with Gasteiger partial charge in [0, 0.05) is 25.9 Å². The normalized spacial score (nSPS) is 19.9. The van der Waals surface area contributed by atoms with E-state index in [9.17, 15) is 22.8 Å². The van der Waals surface area contributed by atoms with Crippen LogP contribution >= 0.6 is 0 Å². The molecular formula is C18H25F3N3O4+. The fourth-order valence-corrected chi connectivity index (χ4v) is 3.07. The Morgan fingerprint density at radius 2 is 1.93 bits per heavy atom. The molecule has 0 unspecified atom stereocenters. The van der Waals surface area contributed by atoms with Crippen LogP contribution in [0.25, 0.3) is 0 Å². The smallest absolute Gasteiger partial charge is 0.416 e. The Balaban J connectivity index is 2.03. The molecule has 1 aromatic rings. The molecule has 0 aromatic heterocycles. The van der Waals surface area contributed by atoms with E-state index >= 15 is 0 Å². The van der Waals surface area contributed by atoms with Gasteiger partial charge in [-0.3, -0.25) is 9.59 Å². The lowest BCUT2D eigenvalue weighted by Crippen LogP contribution is -3.14. The minimum absolute atomic E-state index is 0.0395. The second kappa shape index (κ2) is 9.74. The number of quaternary nitrogens is 1. The van der Waals surface area contributed by atoms with Crippen LogP contribution in [0, 0.1) is 5.92 Å². The van der Waals surface area contributed by atoms with Crippen LogP contribution < -0.4 is 20.7 Å². The highest BCUT2D eigenvalue weighted by molar-refractivity contribution is 5.93. The minimum atomic E-state index is -4.54. The highest BCUT2D eigenvalue weighted by Crippen LogP contribution is 2.35. The van der Waals surface area contributed by atoms with Crippen LogP contribution in [0.2, 0.25) is 0 Å². The summed E-state index contributed by atoms with van der Waals surface area (Å²) in [6.45, 7) is 1.67. The van der Waals surface area contributed by atoms with Crippen LogP contribution in [0.3, 0.4) is 0 Å². The number of carbonyl (C=O) groups is 2. The van der Waals surface area contributed by atoms with Gasteiger partial charge in [0.05, 0.1) is 30.9 Å². The number of hydrogen-bond donors (Lipinski definition) is 3. The number of halogens is 3. The molecule has 1 saturated heterocycles. The monoisotopic (exact) mass is 404 g/mol. The molecule has 2 rings (SSSR count). The van der Waals surface area contributed by atoms with E-state index in [0.717, 1.165) is 17.0 Å². The molecule has 28 heavy (non-hydrogen) atoms. The van der Waals surface area contributed by atoms with Crippen molar-refractivity contribution in [1.29, 1.82) is 0 Å². The van der Waals surface area contributed by atoms with Crippen LogP contribution in [0.4, 0.5) is 18.9 Å². The predicted octanol–water partition coefficient (Wildman–Crippen LogP) is 0.449. The number of methoxy groups -OCH3 is 1. The molecule has 2 amide bonds. The molecule has 10 heteroatoms. The van der Waals surface area contributed by atoms with Crippen LogP contribution in [0.1, 0.15) is 18.4 Å². The summed E-state index contributed by atoms with van der Waals surface area (Å²) in [5, 5.41) is 2.51. The van der Waals surface area contributed by atoms with Crippen LogP contribution in [0.5, 0.6) is 5.75 Å². The second-order valence-corrected chi connectivity index (χ2v) is 6.70. The molecule has 0 radical (unpaired) electrons. The Morgan fingerprint density at radius 1 is 1.25 bits per heavy atom. The fourth-order valence-electron chi connectivity index (χ4n) is 3.07. The van der Waals surface area contributed by atoms with E-state index in [0.29, 0.717) is 25.9 Å². The number of benzene rings is 1. The Kier molecular flexibility index (Phi) is 7.64. The Bertz CT molecular complexity index is 689. The molecule has 1 aromatic carbocycles. The number of hydrogen-bond acceptors (Lipinski definition) is 4. The summed E-state index contributed by atoms with van der Waals surface area (Å²) < 4.78 is 49.3. The highest BCUT2D eigenvalue weighted by Gasteiger charge is 2.32. The molecule has 0 saturated carbocycles. The molecule has 1 aliphatic heterocycles. The van der Waals surface area contributed by atoms with Gasteiger partial charge in [-0.1, -0.05) is 0 Å². The van der Waals surface area contributed by atoms with Crippen LogP contribution in [-0.4, -0.2) is 51.8 Å². The zero-order valence-corrected chi connectivity index (χ0v) is 15.6. The molecule has 4 N–H and O–H groups in total.